The first kappa shape index (κ1) is 11.4. The van der Waals surface area contributed by atoms with Gasteiger partial charge in [0.15, 0.2) is 17.5 Å². The van der Waals surface area contributed by atoms with Gasteiger partial charge in [-0.3, -0.25) is 0 Å². The van der Waals surface area contributed by atoms with Crippen molar-refractivity contribution in [3.8, 4) is 0 Å². The summed E-state index contributed by atoms with van der Waals surface area (Å²) in [6, 6.07) is 0.292. The molecule has 0 bridgehead atoms. The SMILES string of the molecule is Fc1cc(Br)c(F)c(C(F)(F)F)c1F. The van der Waals surface area contributed by atoms with Crippen molar-refractivity contribution in [1.29, 1.82) is 0 Å². The van der Waals surface area contributed by atoms with Gasteiger partial charge in [0.2, 0.25) is 0 Å². The van der Waals surface area contributed by atoms with Crippen molar-refractivity contribution in [3.63, 3.8) is 0 Å². The molecule has 7 heteroatoms. The molecule has 1 aromatic carbocycles. The molecule has 0 saturated carbocycles. The molecular weight excluding hydrogens is 278 g/mol. The van der Waals surface area contributed by atoms with Crippen LogP contribution in [-0.2, 0) is 6.18 Å². The normalized spacial score (nSPS) is 11.9. The molecule has 0 aromatic heterocycles. The summed E-state index contributed by atoms with van der Waals surface area (Å²) in [5, 5.41) is 0. The van der Waals surface area contributed by atoms with E-state index in [0.29, 0.717) is 6.07 Å². The Morgan fingerprint density at radius 3 is 1.93 bits per heavy atom. The van der Waals surface area contributed by atoms with Gasteiger partial charge in [-0.05, 0) is 22.0 Å². The van der Waals surface area contributed by atoms with Crippen molar-refractivity contribution in [2.75, 3.05) is 0 Å². The predicted molar refractivity (Wildman–Crippen MR) is 39.0 cm³/mol. The number of hydrogen-bond donors (Lipinski definition) is 0. The van der Waals surface area contributed by atoms with Crippen LogP contribution in [0.4, 0.5) is 26.3 Å². The van der Waals surface area contributed by atoms with Crippen LogP contribution in [0.15, 0.2) is 10.5 Å². The molecule has 0 aliphatic rings. The second-order valence-electron chi connectivity index (χ2n) is 2.34. The maximum Gasteiger partial charge on any atom is 0.422 e. The fourth-order valence-corrected chi connectivity index (χ4v) is 1.22. The summed E-state index contributed by atoms with van der Waals surface area (Å²) in [4.78, 5) is 0. The van der Waals surface area contributed by atoms with E-state index < -0.39 is 33.7 Å². The van der Waals surface area contributed by atoms with E-state index >= 15 is 0 Å². The maximum atomic E-state index is 12.8. The van der Waals surface area contributed by atoms with E-state index in [1.807, 2.05) is 0 Å². The van der Waals surface area contributed by atoms with Crippen LogP contribution in [0.1, 0.15) is 5.56 Å². The van der Waals surface area contributed by atoms with Gasteiger partial charge in [-0.2, -0.15) is 13.2 Å². The number of halogens is 7. The first-order chi connectivity index (χ1) is 6.25. The van der Waals surface area contributed by atoms with Gasteiger partial charge in [0.1, 0.15) is 5.56 Å². The van der Waals surface area contributed by atoms with Crippen LogP contribution < -0.4 is 0 Å². The Hall–Kier alpha value is -0.720. The smallest absolute Gasteiger partial charge is 0.205 e. The molecule has 78 valence electrons. The zero-order valence-electron chi connectivity index (χ0n) is 6.22. The average Bonchev–Trinajstić information content (AvgIpc) is 1.98. The van der Waals surface area contributed by atoms with Gasteiger partial charge in [0.05, 0.1) is 4.47 Å². The van der Waals surface area contributed by atoms with Gasteiger partial charge in [0.25, 0.3) is 0 Å². The van der Waals surface area contributed by atoms with Gasteiger partial charge in [-0.1, -0.05) is 0 Å². The van der Waals surface area contributed by atoms with Crippen LogP contribution in [0.5, 0.6) is 0 Å². The van der Waals surface area contributed by atoms with Gasteiger partial charge in [0, 0.05) is 0 Å². The minimum atomic E-state index is -5.27. The van der Waals surface area contributed by atoms with Crippen molar-refractivity contribution < 1.29 is 26.3 Å². The summed E-state index contributed by atoms with van der Waals surface area (Å²) in [5.74, 6) is -5.86. The fraction of sp³-hybridized carbons (Fsp3) is 0.143. The molecule has 0 aliphatic heterocycles. The van der Waals surface area contributed by atoms with E-state index in [9.17, 15) is 26.3 Å². The highest BCUT2D eigenvalue weighted by molar-refractivity contribution is 9.10. The van der Waals surface area contributed by atoms with Gasteiger partial charge in [-0.15, -0.1) is 0 Å². The number of benzene rings is 1. The van der Waals surface area contributed by atoms with Crippen molar-refractivity contribution in [2.45, 2.75) is 6.18 Å². The third-order valence-electron chi connectivity index (χ3n) is 1.40. The first-order valence-corrected chi connectivity index (χ1v) is 3.94. The Bertz CT molecular complexity index is 343. The molecule has 0 fully saturated rings. The molecule has 0 spiro atoms. The third kappa shape index (κ3) is 1.87. The Morgan fingerprint density at radius 1 is 1.00 bits per heavy atom. The van der Waals surface area contributed by atoms with Crippen LogP contribution in [0.3, 0.4) is 0 Å². The second kappa shape index (κ2) is 3.45. The highest BCUT2D eigenvalue weighted by Crippen LogP contribution is 2.36. The van der Waals surface area contributed by atoms with Crippen LogP contribution in [-0.4, -0.2) is 0 Å². The molecule has 0 saturated heterocycles. The molecule has 0 aliphatic carbocycles. The zero-order valence-corrected chi connectivity index (χ0v) is 7.81. The summed E-state index contributed by atoms with van der Waals surface area (Å²) >= 11 is 2.34. The van der Waals surface area contributed by atoms with Crippen molar-refractivity contribution >= 4 is 15.9 Å². The lowest BCUT2D eigenvalue weighted by Crippen LogP contribution is -2.13. The monoisotopic (exact) mass is 278 g/mol. The van der Waals surface area contributed by atoms with Crippen molar-refractivity contribution in [1.82, 2.24) is 0 Å². The lowest BCUT2D eigenvalue weighted by molar-refractivity contribution is -0.142. The molecule has 0 N–H and O–H groups in total. The van der Waals surface area contributed by atoms with E-state index in [0.717, 1.165) is 0 Å². The van der Waals surface area contributed by atoms with Gasteiger partial charge < -0.3 is 0 Å². The Balaban J connectivity index is 3.56. The summed E-state index contributed by atoms with van der Waals surface area (Å²) in [7, 11) is 0. The summed E-state index contributed by atoms with van der Waals surface area (Å²) < 4.78 is 73.1. The predicted octanol–water partition coefficient (Wildman–Crippen LogP) is 3.89. The summed E-state index contributed by atoms with van der Waals surface area (Å²) in [6.45, 7) is 0. The van der Waals surface area contributed by atoms with Crippen LogP contribution in [0.2, 0.25) is 0 Å². The van der Waals surface area contributed by atoms with E-state index in [4.69, 9.17) is 0 Å². The molecule has 1 rings (SSSR count). The number of rotatable bonds is 0. The minimum absolute atomic E-state index is 0.292. The summed E-state index contributed by atoms with van der Waals surface area (Å²) in [5.41, 5.74) is -2.23. The van der Waals surface area contributed by atoms with Crippen molar-refractivity contribution in [3.05, 3.63) is 33.6 Å². The van der Waals surface area contributed by atoms with Crippen LogP contribution in [0, 0.1) is 17.5 Å². The van der Waals surface area contributed by atoms with E-state index in [-0.39, 0.29) is 0 Å². The lowest BCUT2D eigenvalue weighted by atomic mass is 10.2. The fourth-order valence-electron chi connectivity index (χ4n) is 0.822. The van der Waals surface area contributed by atoms with Gasteiger partial charge >= 0.3 is 6.18 Å². The number of alkyl halides is 3. The quantitative estimate of drug-likeness (QED) is 0.499. The third-order valence-corrected chi connectivity index (χ3v) is 1.97. The minimum Gasteiger partial charge on any atom is -0.205 e. The molecule has 0 heterocycles. The summed E-state index contributed by atoms with van der Waals surface area (Å²) in [6.07, 6.45) is -5.27. The molecule has 0 amide bonds. The largest absolute Gasteiger partial charge is 0.422 e. The first-order valence-electron chi connectivity index (χ1n) is 3.15. The van der Waals surface area contributed by atoms with E-state index in [1.54, 1.807) is 0 Å². The molecule has 14 heavy (non-hydrogen) atoms. The molecule has 0 nitrogen and oxygen atoms in total. The molecular formula is C7HBrF6. The molecule has 0 radical (unpaired) electrons. The van der Waals surface area contributed by atoms with Gasteiger partial charge in [-0.25, -0.2) is 13.2 Å². The number of hydrogen-bond acceptors (Lipinski definition) is 0. The van der Waals surface area contributed by atoms with Crippen molar-refractivity contribution in [2.24, 2.45) is 0 Å². The molecule has 1 aromatic rings. The molecule has 0 unspecified atom stereocenters. The molecule has 0 atom stereocenters. The second-order valence-corrected chi connectivity index (χ2v) is 3.20. The van der Waals surface area contributed by atoms with E-state index in [2.05, 4.69) is 15.9 Å². The Kier molecular flexibility index (Phi) is 2.80. The topological polar surface area (TPSA) is 0 Å². The zero-order chi connectivity index (χ0) is 11.1. The van der Waals surface area contributed by atoms with Crippen LogP contribution >= 0.6 is 15.9 Å². The average molecular weight is 279 g/mol. The van der Waals surface area contributed by atoms with Crippen LogP contribution in [0.25, 0.3) is 0 Å². The Labute approximate surface area is 82.7 Å². The highest BCUT2D eigenvalue weighted by Gasteiger charge is 2.40. The highest BCUT2D eigenvalue weighted by atomic mass is 79.9. The van der Waals surface area contributed by atoms with E-state index in [1.165, 1.54) is 0 Å². The maximum absolute atomic E-state index is 12.8. The Morgan fingerprint density at radius 2 is 1.50 bits per heavy atom. The standard InChI is InChI=1S/C7HBrF6/c8-2-1-3(9)6(11)4(5(2)10)7(12,13)14/h1H. The lowest BCUT2D eigenvalue weighted by Gasteiger charge is -2.10.